The average molecular weight is 268 g/mol. The molecule has 1 atom stereocenters. The Balaban J connectivity index is 1.89. The predicted octanol–water partition coefficient (Wildman–Crippen LogP) is -0.387. The maximum absolute atomic E-state index is 11.1. The second-order valence-corrected chi connectivity index (χ2v) is 5.21. The third-order valence-electron chi connectivity index (χ3n) is 1.98. The van der Waals surface area contributed by atoms with E-state index in [-0.39, 0.29) is 19.1 Å². The highest BCUT2D eigenvalue weighted by atomic mass is 32.2. The van der Waals surface area contributed by atoms with Gasteiger partial charge in [-0.25, -0.2) is 0 Å². The summed E-state index contributed by atoms with van der Waals surface area (Å²) in [6.07, 6.45) is 0.880. The quantitative estimate of drug-likeness (QED) is 0.263. The van der Waals surface area contributed by atoms with Crippen molar-refractivity contribution in [3.05, 3.63) is 0 Å². The first-order valence-corrected chi connectivity index (χ1v) is 6.88. The second kappa shape index (κ2) is 6.90. The Morgan fingerprint density at radius 2 is 2.12 bits per heavy atom. The van der Waals surface area contributed by atoms with Crippen molar-refractivity contribution < 1.29 is 32.0 Å². The fourth-order valence-corrected chi connectivity index (χ4v) is 1.32. The van der Waals surface area contributed by atoms with Gasteiger partial charge in [-0.1, -0.05) is 0 Å². The van der Waals surface area contributed by atoms with E-state index in [1.165, 1.54) is 0 Å². The largest absolute Gasteiger partial charge is 0.464 e. The molecular formula is C9H16O7S. The van der Waals surface area contributed by atoms with Gasteiger partial charge in [-0.15, -0.1) is 0 Å². The van der Waals surface area contributed by atoms with Crippen LogP contribution in [0.4, 0.5) is 0 Å². The summed E-state index contributed by atoms with van der Waals surface area (Å²) in [7, 11) is -4.07. The van der Waals surface area contributed by atoms with Crippen LogP contribution in [0.15, 0.2) is 0 Å². The van der Waals surface area contributed by atoms with E-state index in [9.17, 15) is 13.2 Å². The third-order valence-corrected chi connectivity index (χ3v) is 2.66. The van der Waals surface area contributed by atoms with Gasteiger partial charge in [-0.05, 0) is 6.42 Å². The smallest absolute Gasteiger partial charge is 0.305 e. The van der Waals surface area contributed by atoms with E-state index in [4.69, 9.17) is 14.0 Å². The van der Waals surface area contributed by atoms with Gasteiger partial charge in [0.1, 0.15) is 18.5 Å². The van der Waals surface area contributed by atoms with Crippen LogP contribution in [0.3, 0.4) is 0 Å². The van der Waals surface area contributed by atoms with Gasteiger partial charge in [0.15, 0.2) is 0 Å². The minimum atomic E-state index is -4.07. The third kappa shape index (κ3) is 9.04. The summed E-state index contributed by atoms with van der Waals surface area (Å²) in [4.78, 5) is 11.1. The Labute approximate surface area is 99.8 Å². The molecule has 0 bridgehead atoms. The van der Waals surface area contributed by atoms with Crippen LogP contribution in [-0.4, -0.2) is 57.2 Å². The molecule has 0 aromatic rings. The Kier molecular flexibility index (Phi) is 5.83. The first-order valence-electron chi connectivity index (χ1n) is 5.27. The topological polar surface area (TPSA) is 102 Å². The van der Waals surface area contributed by atoms with Gasteiger partial charge in [0.25, 0.3) is 10.1 Å². The van der Waals surface area contributed by atoms with Gasteiger partial charge < -0.3 is 14.2 Å². The maximum Gasteiger partial charge on any atom is 0.305 e. The van der Waals surface area contributed by atoms with Gasteiger partial charge in [0, 0.05) is 13.0 Å². The zero-order valence-corrected chi connectivity index (χ0v) is 10.1. The van der Waals surface area contributed by atoms with Crippen LogP contribution in [0.25, 0.3) is 0 Å². The molecule has 1 saturated heterocycles. The number of esters is 1. The molecule has 0 aromatic carbocycles. The first kappa shape index (κ1) is 14.4. The first-order chi connectivity index (χ1) is 7.97. The molecule has 0 saturated carbocycles. The van der Waals surface area contributed by atoms with Gasteiger partial charge in [-0.3, -0.25) is 9.35 Å². The van der Waals surface area contributed by atoms with E-state index in [1.54, 1.807) is 0 Å². The Morgan fingerprint density at radius 1 is 1.41 bits per heavy atom. The van der Waals surface area contributed by atoms with Gasteiger partial charge in [-0.2, -0.15) is 8.42 Å². The lowest BCUT2D eigenvalue weighted by atomic mass is 10.3. The Morgan fingerprint density at radius 3 is 2.71 bits per heavy atom. The van der Waals surface area contributed by atoms with Crippen LogP contribution in [0.2, 0.25) is 0 Å². The molecule has 8 heteroatoms. The SMILES string of the molecule is O=C(CCCOCC1CO1)OCCS(=O)(=O)O. The summed E-state index contributed by atoms with van der Waals surface area (Å²) < 4.78 is 43.7. The Bertz CT molecular complexity index is 333. The van der Waals surface area contributed by atoms with Crippen LogP contribution in [0.5, 0.6) is 0 Å². The molecule has 0 aromatic heterocycles. The van der Waals surface area contributed by atoms with E-state index in [2.05, 4.69) is 4.74 Å². The minimum Gasteiger partial charge on any atom is -0.464 e. The summed E-state index contributed by atoms with van der Waals surface area (Å²) in [5.41, 5.74) is 0. The molecule has 1 N–H and O–H groups in total. The van der Waals surface area contributed by atoms with Crippen LogP contribution in [-0.2, 0) is 29.1 Å². The van der Waals surface area contributed by atoms with Crippen LogP contribution >= 0.6 is 0 Å². The summed E-state index contributed by atoms with van der Waals surface area (Å²) in [6.45, 7) is 1.39. The van der Waals surface area contributed by atoms with E-state index < -0.39 is 21.8 Å². The molecule has 100 valence electrons. The number of carbonyl (C=O) groups is 1. The van der Waals surface area contributed by atoms with Crippen molar-refractivity contribution in [2.45, 2.75) is 18.9 Å². The lowest BCUT2D eigenvalue weighted by Crippen LogP contribution is -2.15. The van der Waals surface area contributed by atoms with Crippen LogP contribution < -0.4 is 0 Å². The fourth-order valence-electron chi connectivity index (χ4n) is 1.03. The lowest BCUT2D eigenvalue weighted by molar-refractivity contribution is -0.143. The summed E-state index contributed by atoms with van der Waals surface area (Å²) in [6, 6.07) is 0. The number of ether oxygens (including phenoxy) is 3. The summed E-state index contributed by atoms with van der Waals surface area (Å²) >= 11 is 0. The standard InChI is InChI=1S/C9H16O7S/c10-9(15-4-5-17(11,12)13)2-1-3-14-6-8-7-16-8/h8H,1-7H2,(H,11,12,13). The highest BCUT2D eigenvalue weighted by Gasteiger charge is 2.22. The highest BCUT2D eigenvalue weighted by molar-refractivity contribution is 7.85. The number of epoxide rings is 1. The molecule has 17 heavy (non-hydrogen) atoms. The monoisotopic (exact) mass is 268 g/mol. The van der Waals surface area contributed by atoms with Gasteiger partial charge in [0.05, 0.1) is 13.2 Å². The summed E-state index contributed by atoms with van der Waals surface area (Å²) in [5, 5.41) is 0. The molecule has 1 unspecified atom stereocenters. The lowest BCUT2D eigenvalue weighted by Gasteiger charge is -2.04. The van der Waals surface area contributed by atoms with Crippen molar-refractivity contribution in [3.63, 3.8) is 0 Å². The second-order valence-electron chi connectivity index (χ2n) is 3.64. The Hall–Kier alpha value is -0.700. The van der Waals surface area contributed by atoms with Crippen molar-refractivity contribution in [1.82, 2.24) is 0 Å². The minimum absolute atomic E-state index is 0.164. The molecule has 7 nitrogen and oxygen atoms in total. The molecular weight excluding hydrogens is 252 g/mol. The molecule has 1 heterocycles. The molecule has 0 amide bonds. The van der Waals surface area contributed by atoms with Gasteiger partial charge in [0.2, 0.25) is 0 Å². The zero-order chi connectivity index (χ0) is 12.7. The van der Waals surface area contributed by atoms with E-state index >= 15 is 0 Å². The fraction of sp³-hybridized carbons (Fsp3) is 0.889. The van der Waals surface area contributed by atoms with E-state index in [1.807, 2.05) is 0 Å². The van der Waals surface area contributed by atoms with E-state index in [0.717, 1.165) is 6.61 Å². The highest BCUT2D eigenvalue weighted by Crippen LogP contribution is 2.08. The van der Waals surface area contributed by atoms with Crippen molar-refractivity contribution >= 4 is 16.1 Å². The van der Waals surface area contributed by atoms with Crippen molar-refractivity contribution in [1.29, 1.82) is 0 Å². The number of carbonyl (C=O) groups excluding carboxylic acids is 1. The van der Waals surface area contributed by atoms with Crippen LogP contribution in [0.1, 0.15) is 12.8 Å². The van der Waals surface area contributed by atoms with Crippen molar-refractivity contribution in [2.75, 3.05) is 32.2 Å². The zero-order valence-electron chi connectivity index (χ0n) is 9.33. The molecule has 1 aliphatic rings. The predicted molar refractivity (Wildman–Crippen MR) is 57.2 cm³/mol. The van der Waals surface area contributed by atoms with Gasteiger partial charge >= 0.3 is 5.97 Å². The van der Waals surface area contributed by atoms with E-state index in [0.29, 0.717) is 19.6 Å². The molecule has 0 radical (unpaired) electrons. The number of hydrogen-bond acceptors (Lipinski definition) is 6. The van der Waals surface area contributed by atoms with Crippen molar-refractivity contribution in [2.24, 2.45) is 0 Å². The molecule has 1 rings (SSSR count). The normalized spacial score (nSPS) is 19.0. The van der Waals surface area contributed by atoms with Crippen molar-refractivity contribution in [3.8, 4) is 0 Å². The molecule has 1 aliphatic heterocycles. The maximum atomic E-state index is 11.1. The number of hydrogen-bond donors (Lipinski definition) is 1. The molecule has 1 fully saturated rings. The summed E-state index contributed by atoms with van der Waals surface area (Å²) in [5.74, 6) is -1.08. The molecule has 0 spiro atoms. The van der Waals surface area contributed by atoms with Crippen LogP contribution in [0, 0.1) is 0 Å². The average Bonchev–Trinajstić information content (AvgIpc) is 2.99. The number of rotatable bonds is 9. The molecule has 0 aliphatic carbocycles.